The topological polar surface area (TPSA) is 40.6 Å². The zero-order valence-corrected chi connectivity index (χ0v) is 14.2. The summed E-state index contributed by atoms with van der Waals surface area (Å²) < 4.78 is 0. The summed E-state index contributed by atoms with van der Waals surface area (Å²) in [6.07, 6.45) is 2.11. The molecule has 1 fully saturated rings. The molecule has 2 heterocycles. The molecule has 4 heteroatoms. The molecular formula is C21H20N2O2. The van der Waals surface area contributed by atoms with Crippen molar-refractivity contribution in [2.45, 2.75) is 19.8 Å². The summed E-state index contributed by atoms with van der Waals surface area (Å²) in [4.78, 5) is 29.9. The minimum Gasteiger partial charge on any atom is -0.366 e. The average molecular weight is 332 g/mol. The van der Waals surface area contributed by atoms with E-state index in [1.807, 2.05) is 61.5 Å². The molecule has 2 aromatic rings. The van der Waals surface area contributed by atoms with Crippen molar-refractivity contribution in [1.82, 2.24) is 4.90 Å². The molecule has 2 amide bonds. The van der Waals surface area contributed by atoms with Crippen molar-refractivity contribution in [3.05, 3.63) is 71.4 Å². The SMILES string of the molecule is Cc1ccccc1N1C(=O)C(c2ccccc2)=C(N2CCCC2)C1=O. The lowest BCUT2D eigenvalue weighted by molar-refractivity contribution is -0.120. The Morgan fingerprint density at radius 1 is 0.800 bits per heavy atom. The zero-order valence-electron chi connectivity index (χ0n) is 14.2. The van der Waals surface area contributed by atoms with Crippen molar-refractivity contribution < 1.29 is 9.59 Å². The van der Waals surface area contributed by atoms with Crippen LogP contribution in [0.2, 0.25) is 0 Å². The van der Waals surface area contributed by atoms with E-state index in [4.69, 9.17) is 0 Å². The summed E-state index contributed by atoms with van der Waals surface area (Å²) >= 11 is 0. The molecule has 2 aliphatic rings. The molecule has 0 atom stereocenters. The number of hydrogen-bond acceptors (Lipinski definition) is 3. The van der Waals surface area contributed by atoms with Crippen molar-refractivity contribution in [3.63, 3.8) is 0 Å². The Labute approximate surface area is 147 Å². The lowest BCUT2D eigenvalue weighted by Gasteiger charge is -2.21. The van der Waals surface area contributed by atoms with Gasteiger partial charge >= 0.3 is 0 Å². The molecule has 4 rings (SSSR count). The number of anilines is 1. The van der Waals surface area contributed by atoms with Crippen LogP contribution in [0.25, 0.3) is 5.57 Å². The van der Waals surface area contributed by atoms with Gasteiger partial charge in [0.2, 0.25) is 0 Å². The summed E-state index contributed by atoms with van der Waals surface area (Å²) in [5.74, 6) is -0.438. The molecule has 0 bridgehead atoms. The number of amides is 2. The zero-order chi connectivity index (χ0) is 17.4. The molecule has 4 nitrogen and oxygen atoms in total. The van der Waals surface area contributed by atoms with Crippen molar-refractivity contribution in [3.8, 4) is 0 Å². The molecule has 2 aliphatic heterocycles. The van der Waals surface area contributed by atoms with Crippen molar-refractivity contribution >= 4 is 23.1 Å². The molecule has 126 valence electrons. The van der Waals surface area contributed by atoms with Gasteiger partial charge in [0.25, 0.3) is 11.8 Å². The van der Waals surface area contributed by atoms with Crippen LogP contribution in [0, 0.1) is 6.92 Å². The Morgan fingerprint density at radius 2 is 1.44 bits per heavy atom. The van der Waals surface area contributed by atoms with E-state index in [1.165, 1.54) is 4.90 Å². The molecule has 0 N–H and O–H groups in total. The van der Waals surface area contributed by atoms with Crippen LogP contribution < -0.4 is 4.90 Å². The van der Waals surface area contributed by atoms with E-state index in [1.54, 1.807) is 0 Å². The number of carbonyl (C=O) groups is 2. The molecular weight excluding hydrogens is 312 g/mol. The minimum absolute atomic E-state index is 0.208. The van der Waals surface area contributed by atoms with Crippen LogP contribution in [0.5, 0.6) is 0 Å². The van der Waals surface area contributed by atoms with Gasteiger partial charge < -0.3 is 4.90 Å². The van der Waals surface area contributed by atoms with Crippen LogP contribution in [0.15, 0.2) is 60.3 Å². The fourth-order valence-electron chi connectivity index (χ4n) is 3.65. The highest BCUT2D eigenvalue weighted by Gasteiger charge is 2.43. The second kappa shape index (κ2) is 6.20. The number of carbonyl (C=O) groups excluding carboxylic acids is 2. The van der Waals surface area contributed by atoms with Crippen molar-refractivity contribution in [1.29, 1.82) is 0 Å². The highest BCUT2D eigenvalue weighted by molar-refractivity contribution is 6.45. The highest BCUT2D eigenvalue weighted by Crippen LogP contribution is 2.36. The lowest BCUT2D eigenvalue weighted by Crippen LogP contribution is -2.34. The molecule has 0 unspecified atom stereocenters. The molecule has 2 aromatic carbocycles. The van der Waals surface area contributed by atoms with Gasteiger partial charge in [-0.25, -0.2) is 4.90 Å². The van der Waals surface area contributed by atoms with Crippen LogP contribution in [0.4, 0.5) is 5.69 Å². The van der Waals surface area contributed by atoms with E-state index in [2.05, 4.69) is 4.90 Å². The molecule has 25 heavy (non-hydrogen) atoms. The standard InChI is InChI=1S/C21H20N2O2/c1-15-9-5-6-12-17(15)23-20(24)18(16-10-3-2-4-11-16)19(21(23)25)22-13-7-8-14-22/h2-6,9-12H,7-8,13-14H2,1H3. The summed E-state index contributed by atoms with van der Waals surface area (Å²) in [7, 11) is 0. The summed E-state index contributed by atoms with van der Waals surface area (Å²) in [6, 6.07) is 17.0. The van der Waals surface area contributed by atoms with Crippen LogP contribution in [0.1, 0.15) is 24.0 Å². The predicted octanol–water partition coefficient (Wildman–Crippen LogP) is 3.38. The number of nitrogens with zero attached hydrogens (tertiary/aromatic N) is 2. The number of imide groups is 1. The van der Waals surface area contributed by atoms with Gasteiger partial charge in [0.15, 0.2) is 0 Å². The number of para-hydroxylation sites is 1. The fraction of sp³-hybridized carbons (Fsp3) is 0.238. The average Bonchev–Trinajstić information content (AvgIpc) is 3.23. The van der Waals surface area contributed by atoms with E-state index in [0.717, 1.165) is 37.1 Å². The number of likely N-dealkylation sites (tertiary alicyclic amines) is 1. The Morgan fingerprint density at radius 3 is 2.12 bits per heavy atom. The van der Waals surface area contributed by atoms with E-state index in [9.17, 15) is 9.59 Å². The number of rotatable bonds is 3. The largest absolute Gasteiger partial charge is 0.366 e. The van der Waals surface area contributed by atoms with Crippen LogP contribution in [0.3, 0.4) is 0 Å². The van der Waals surface area contributed by atoms with Gasteiger partial charge in [-0.1, -0.05) is 48.5 Å². The maximum atomic E-state index is 13.3. The molecule has 0 saturated carbocycles. The predicted molar refractivity (Wildman–Crippen MR) is 97.8 cm³/mol. The van der Waals surface area contributed by atoms with Crippen molar-refractivity contribution in [2.75, 3.05) is 18.0 Å². The van der Waals surface area contributed by atoms with Gasteiger partial charge in [-0.2, -0.15) is 0 Å². The van der Waals surface area contributed by atoms with Crippen LogP contribution >= 0.6 is 0 Å². The Hall–Kier alpha value is -2.88. The third-order valence-electron chi connectivity index (χ3n) is 4.90. The quantitative estimate of drug-likeness (QED) is 0.809. The Balaban J connectivity index is 1.86. The van der Waals surface area contributed by atoms with Gasteiger partial charge in [0, 0.05) is 13.1 Å². The van der Waals surface area contributed by atoms with Crippen LogP contribution in [-0.2, 0) is 9.59 Å². The van der Waals surface area contributed by atoms with Gasteiger partial charge in [0.1, 0.15) is 5.70 Å². The Bertz CT molecular complexity index is 864. The monoisotopic (exact) mass is 332 g/mol. The molecule has 0 radical (unpaired) electrons. The normalized spacial score (nSPS) is 17.8. The summed E-state index contributed by atoms with van der Waals surface area (Å²) in [5.41, 5.74) is 3.46. The number of aryl methyl sites for hydroxylation is 1. The van der Waals surface area contributed by atoms with Crippen LogP contribution in [-0.4, -0.2) is 29.8 Å². The third-order valence-corrected chi connectivity index (χ3v) is 4.90. The maximum absolute atomic E-state index is 13.3. The minimum atomic E-state index is -0.229. The van der Waals surface area contributed by atoms with Gasteiger partial charge in [-0.05, 0) is 37.0 Å². The van der Waals surface area contributed by atoms with E-state index >= 15 is 0 Å². The van der Waals surface area contributed by atoms with Gasteiger partial charge in [-0.15, -0.1) is 0 Å². The van der Waals surface area contributed by atoms with Gasteiger partial charge in [-0.3, -0.25) is 9.59 Å². The van der Waals surface area contributed by atoms with Gasteiger partial charge in [0.05, 0.1) is 11.3 Å². The van der Waals surface area contributed by atoms with E-state index < -0.39 is 0 Å². The molecule has 0 aliphatic carbocycles. The number of hydrogen-bond donors (Lipinski definition) is 0. The van der Waals surface area contributed by atoms with E-state index in [-0.39, 0.29) is 11.8 Å². The summed E-state index contributed by atoms with van der Waals surface area (Å²) in [6.45, 7) is 3.57. The molecule has 0 aromatic heterocycles. The Kier molecular flexibility index (Phi) is 3.88. The second-order valence-corrected chi connectivity index (χ2v) is 6.52. The summed E-state index contributed by atoms with van der Waals surface area (Å²) in [5, 5.41) is 0. The first-order valence-corrected chi connectivity index (χ1v) is 8.67. The first-order chi connectivity index (χ1) is 12.2. The first kappa shape index (κ1) is 15.6. The smallest absolute Gasteiger partial charge is 0.282 e. The number of benzene rings is 2. The first-order valence-electron chi connectivity index (χ1n) is 8.67. The fourth-order valence-corrected chi connectivity index (χ4v) is 3.65. The lowest BCUT2D eigenvalue weighted by atomic mass is 10.0. The third kappa shape index (κ3) is 2.54. The molecule has 1 saturated heterocycles. The van der Waals surface area contributed by atoms with Crippen molar-refractivity contribution in [2.24, 2.45) is 0 Å². The highest BCUT2D eigenvalue weighted by atomic mass is 16.2. The maximum Gasteiger partial charge on any atom is 0.282 e. The molecule has 0 spiro atoms. The second-order valence-electron chi connectivity index (χ2n) is 6.52. The van der Waals surface area contributed by atoms with E-state index in [0.29, 0.717) is 17.0 Å².